The lowest BCUT2D eigenvalue weighted by Crippen LogP contribution is -2.19. The van der Waals surface area contributed by atoms with E-state index in [1.165, 1.54) is 0 Å². The molecule has 2 heterocycles. The van der Waals surface area contributed by atoms with Gasteiger partial charge in [0, 0.05) is 12.0 Å². The van der Waals surface area contributed by atoms with Gasteiger partial charge >= 0.3 is 6.09 Å². The molecule has 2 aromatic rings. The van der Waals surface area contributed by atoms with Gasteiger partial charge in [0.2, 0.25) is 0 Å². The lowest BCUT2D eigenvalue weighted by Gasteiger charge is -2.23. The van der Waals surface area contributed by atoms with Crippen molar-refractivity contribution in [3.8, 4) is 5.75 Å². The van der Waals surface area contributed by atoms with Crippen molar-refractivity contribution in [3.05, 3.63) is 24.4 Å². The first kappa shape index (κ1) is 12.0. The number of aromatic nitrogens is 2. The minimum Gasteiger partial charge on any atom is -0.410 e. The first-order chi connectivity index (χ1) is 9.24. The quantitative estimate of drug-likeness (QED) is 0.898. The van der Waals surface area contributed by atoms with Gasteiger partial charge in [0.15, 0.2) is 6.23 Å². The summed E-state index contributed by atoms with van der Waals surface area (Å²) < 4.78 is 12.4. The standard InChI is InChI=1S/C13H15N3O3/c14-13(17)19-10-4-5-11-9(7-10)8-15-16(11)12-3-1-2-6-18-12/h4-5,7-8,12H,1-3,6H2,(H2,14,17). The van der Waals surface area contributed by atoms with E-state index in [9.17, 15) is 4.79 Å². The van der Waals surface area contributed by atoms with Gasteiger partial charge in [-0.05, 0) is 37.5 Å². The minimum atomic E-state index is -0.817. The molecule has 6 nitrogen and oxygen atoms in total. The maximum absolute atomic E-state index is 10.7. The van der Waals surface area contributed by atoms with Crippen LogP contribution < -0.4 is 10.5 Å². The molecule has 6 heteroatoms. The Morgan fingerprint density at radius 1 is 1.47 bits per heavy atom. The Kier molecular flexibility index (Phi) is 3.08. The summed E-state index contributed by atoms with van der Waals surface area (Å²) in [7, 11) is 0. The smallest absolute Gasteiger partial charge is 0.409 e. The number of carbonyl (C=O) groups excluding carboxylic acids is 1. The van der Waals surface area contributed by atoms with Gasteiger partial charge in [0.05, 0.1) is 11.7 Å². The topological polar surface area (TPSA) is 79.4 Å². The lowest BCUT2D eigenvalue weighted by atomic mass is 10.2. The Balaban J connectivity index is 1.92. The van der Waals surface area contributed by atoms with Crippen molar-refractivity contribution in [1.29, 1.82) is 0 Å². The zero-order valence-electron chi connectivity index (χ0n) is 10.4. The van der Waals surface area contributed by atoms with Crippen molar-refractivity contribution in [2.75, 3.05) is 6.61 Å². The highest BCUT2D eigenvalue weighted by Gasteiger charge is 2.18. The molecule has 1 aromatic carbocycles. The molecule has 1 atom stereocenters. The highest BCUT2D eigenvalue weighted by Crippen LogP contribution is 2.27. The summed E-state index contributed by atoms with van der Waals surface area (Å²) in [6.45, 7) is 0.773. The number of amides is 1. The van der Waals surface area contributed by atoms with Crippen molar-refractivity contribution < 1.29 is 14.3 Å². The molecule has 3 rings (SSSR count). The summed E-state index contributed by atoms with van der Waals surface area (Å²) in [5.41, 5.74) is 5.95. The molecule has 0 aliphatic carbocycles. The van der Waals surface area contributed by atoms with E-state index in [1.54, 1.807) is 18.3 Å². The molecule has 1 saturated heterocycles. The minimum absolute atomic E-state index is 0.00541. The number of rotatable bonds is 2. The number of primary amides is 1. The average Bonchev–Trinajstić information content (AvgIpc) is 2.82. The highest BCUT2D eigenvalue weighted by atomic mass is 16.5. The van der Waals surface area contributed by atoms with Gasteiger partial charge in [-0.1, -0.05) is 0 Å². The predicted molar refractivity (Wildman–Crippen MR) is 68.8 cm³/mol. The molecule has 0 radical (unpaired) electrons. The summed E-state index contributed by atoms with van der Waals surface area (Å²) in [5, 5.41) is 5.26. The van der Waals surface area contributed by atoms with Crippen LogP contribution in [0.3, 0.4) is 0 Å². The van der Waals surface area contributed by atoms with Gasteiger partial charge in [0.1, 0.15) is 5.75 Å². The Hall–Kier alpha value is -2.08. The summed E-state index contributed by atoms with van der Waals surface area (Å²) in [5.74, 6) is 0.420. The second-order valence-electron chi connectivity index (χ2n) is 4.55. The first-order valence-corrected chi connectivity index (χ1v) is 6.30. The monoisotopic (exact) mass is 261 g/mol. The van der Waals surface area contributed by atoms with E-state index in [2.05, 4.69) is 5.10 Å². The highest BCUT2D eigenvalue weighted by molar-refractivity contribution is 5.81. The second-order valence-corrected chi connectivity index (χ2v) is 4.55. The largest absolute Gasteiger partial charge is 0.410 e. The first-order valence-electron chi connectivity index (χ1n) is 6.30. The number of hydrogen-bond donors (Lipinski definition) is 1. The molecule has 0 saturated carbocycles. The second kappa shape index (κ2) is 4.89. The number of benzene rings is 1. The van der Waals surface area contributed by atoms with E-state index in [0.717, 1.165) is 36.8 Å². The van der Waals surface area contributed by atoms with Crippen molar-refractivity contribution in [2.24, 2.45) is 5.73 Å². The molecule has 19 heavy (non-hydrogen) atoms. The van der Waals surface area contributed by atoms with E-state index in [0.29, 0.717) is 5.75 Å². The third kappa shape index (κ3) is 2.39. The molecule has 0 spiro atoms. The molecule has 1 aliphatic heterocycles. The molecule has 0 bridgehead atoms. The van der Waals surface area contributed by atoms with Crippen LogP contribution in [0.5, 0.6) is 5.75 Å². The van der Waals surface area contributed by atoms with Crippen molar-refractivity contribution in [3.63, 3.8) is 0 Å². The van der Waals surface area contributed by atoms with Crippen LogP contribution >= 0.6 is 0 Å². The fraction of sp³-hybridized carbons (Fsp3) is 0.385. The van der Waals surface area contributed by atoms with Crippen molar-refractivity contribution in [1.82, 2.24) is 9.78 Å². The zero-order valence-corrected chi connectivity index (χ0v) is 10.4. The molecular formula is C13H15N3O3. The Bertz CT molecular complexity index is 602. The molecule has 1 unspecified atom stereocenters. The maximum atomic E-state index is 10.7. The van der Waals surface area contributed by atoms with Crippen LogP contribution in [0.25, 0.3) is 10.9 Å². The van der Waals surface area contributed by atoms with Gasteiger partial charge in [-0.3, -0.25) is 0 Å². The average molecular weight is 261 g/mol. The van der Waals surface area contributed by atoms with E-state index in [1.807, 2.05) is 10.7 Å². The van der Waals surface area contributed by atoms with Crippen LogP contribution in [-0.4, -0.2) is 22.5 Å². The zero-order chi connectivity index (χ0) is 13.2. The van der Waals surface area contributed by atoms with Crippen LogP contribution in [0, 0.1) is 0 Å². The number of ether oxygens (including phenoxy) is 2. The van der Waals surface area contributed by atoms with Crippen LogP contribution in [-0.2, 0) is 4.74 Å². The third-order valence-electron chi connectivity index (χ3n) is 3.21. The molecule has 1 aromatic heterocycles. The fourth-order valence-electron chi connectivity index (χ4n) is 2.36. The van der Waals surface area contributed by atoms with E-state index in [-0.39, 0.29) is 6.23 Å². The number of nitrogens with zero attached hydrogens (tertiary/aromatic N) is 2. The summed E-state index contributed by atoms with van der Waals surface area (Å²) in [6.07, 6.45) is 4.13. The number of nitrogens with two attached hydrogens (primary N) is 1. The molecule has 1 aliphatic rings. The van der Waals surface area contributed by atoms with Crippen LogP contribution in [0.15, 0.2) is 24.4 Å². The third-order valence-corrected chi connectivity index (χ3v) is 3.21. The Morgan fingerprint density at radius 2 is 2.37 bits per heavy atom. The number of carbonyl (C=O) groups is 1. The van der Waals surface area contributed by atoms with Crippen LogP contribution in [0.4, 0.5) is 4.79 Å². The predicted octanol–water partition coefficient (Wildman–Crippen LogP) is 2.19. The Morgan fingerprint density at radius 3 is 3.11 bits per heavy atom. The fourth-order valence-corrected chi connectivity index (χ4v) is 2.36. The SMILES string of the molecule is NC(=O)Oc1ccc2c(cnn2C2CCCCO2)c1. The number of fused-ring (bicyclic) bond motifs is 1. The molecule has 1 fully saturated rings. The van der Waals surface area contributed by atoms with E-state index in [4.69, 9.17) is 15.2 Å². The van der Waals surface area contributed by atoms with Gasteiger partial charge in [-0.25, -0.2) is 9.48 Å². The van der Waals surface area contributed by atoms with Gasteiger partial charge in [-0.15, -0.1) is 0 Å². The number of hydrogen-bond acceptors (Lipinski definition) is 4. The maximum Gasteiger partial charge on any atom is 0.409 e. The summed E-state index contributed by atoms with van der Waals surface area (Å²) >= 11 is 0. The van der Waals surface area contributed by atoms with Crippen LogP contribution in [0.1, 0.15) is 25.5 Å². The normalized spacial score (nSPS) is 19.5. The summed E-state index contributed by atoms with van der Waals surface area (Å²) in [4.78, 5) is 10.7. The van der Waals surface area contributed by atoms with E-state index < -0.39 is 6.09 Å². The molecular weight excluding hydrogens is 246 g/mol. The van der Waals surface area contributed by atoms with Gasteiger partial charge in [0.25, 0.3) is 0 Å². The molecule has 100 valence electrons. The molecule has 1 amide bonds. The van der Waals surface area contributed by atoms with Crippen LogP contribution in [0.2, 0.25) is 0 Å². The molecule has 2 N–H and O–H groups in total. The lowest BCUT2D eigenvalue weighted by molar-refractivity contribution is -0.0366. The van der Waals surface area contributed by atoms with Gasteiger partial charge < -0.3 is 15.2 Å². The van der Waals surface area contributed by atoms with E-state index >= 15 is 0 Å². The van der Waals surface area contributed by atoms with Crippen molar-refractivity contribution in [2.45, 2.75) is 25.5 Å². The van der Waals surface area contributed by atoms with Crippen molar-refractivity contribution >= 4 is 17.0 Å². The Labute approximate surface area is 110 Å². The van der Waals surface area contributed by atoms with Gasteiger partial charge in [-0.2, -0.15) is 5.10 Å². The summed E-state index contributed by atoms with van der Waals surface area (Å²) in [6, 6.07) is 5.30.